The molecule has 4 nitrogen and oxygen atoms in total. The van der Waals surface area contributed by atoms with Crippen LogP contribution in [0.1, 0.15) is 106 Å². The van der Waals surface area contributed by atoms with Crippen LogP contribution in [0.15, 0.2) is 11.6 Å². The summed E-state index contributed by atoms with van der Waals surface area (Å²) < 4.78 is 14.2. The fourth-order valence-corrected chi connectivity index (χ4v) is 9.25. The maximum Gasteiger partial charge on any atom is 0.303 e. The molecule has 6 atom stereocenters. The smallest absolute Gasteiger partial charge is 0.303 e. The number of fused-ring (bicyclic) bond motifs is 1. The number of rotatable bonds is 8. The van der Waals surface area contributed by atoms with Gasteiger partial charge in [-0.2, -0.15) is 0 Å². The highest BCUT2D eigenvalue weighted by Crippen LogP contribution is 2.57. The molecule has 0 aromatic rings. The summed E-state index contributed by atoms with van der Waals surface area (Å²) in [7, 11) is -3.93. The van der Waals surface area contributed by atoms with Crippen LogP contribution in [0, 0.1) is 41.4 Å². The Morgan fingerprint density at radius 3 is 2.12 bits per heavy atom. The van der Waals surface area contributed by atoms with Gasteiger partial charge in [-0.15, -0.1) is 0 Å². The zero-order valence-electron chi connectivity index (χ0n) is 27.7. The number of aliphatic carboxylic acids is 1. The first kappa shape index (κ1) is 33.6. The van der Waals surface area contributed by atoms with E-state index in [4.69, 9.17) is 14.0 Å². The van der Waals surface area contributed by atoms with Gasteiger partial charge in [0.25, 0.3) is 0 Å². The Hall–Kier alpha value is -0.876. The average molecular weight is 589 g/mol. The highest BCUT2D eigenvalue weighted by molar-refractivity contribution is 6.74. The van der Waals surface area contributed by atoms with E-state index < -0.39 is 22.6 Å². The van der Waals surface area contributed by atoms with Crippen molar-refractivity contribution >= 4 is 22.6 Å². The van der Waals surface area contributed by atoms with E-state index in [1.807, 2.05) is 0 Å². The van der Waals surface area contributed by atoms with Crippen LogP contribution in [-0.4, -0.2) is 39.9 Å². The van der Waals surface area contributed by atoms with Crippen LogP contribution in [0.25, 0.3) is 0 Å². The lowest BCUT2D eigenvalue weighted by molar-refractivity contribution is -0.136. The van der Waals surface area contributed by atoms with Crippen molar-refractivity contribution in [3.63, 3.8) is 0 Å². The molecule has 3 aliphatic rings. The van der Waals surface area contributed by atoms with E-state index in [2.05, 4.69) is 92.6 Å². The summed E-state index contributed by atoms with van der Waals surface area (Å²) in [5.41, 5.74) is 1.46. The highest BCUT2D eigenvalue weighted by atomic mass is 28.4. The van der Waals surface area contributed by atoms with Crippen molar-refractivity contribution < 1.29 is 18.8 Å². The van der Waals surface area contributed by atoms with Gasteiger partial charge in [0.05, 0.1) is 6.10 Å². The van der Waals surface area contributed by atoms with Crippen molar-refractivity contribution in [1.29, 1.82) is 0 Å². The minimum absolute atomic E-state index is 0.0102. The second-order valence-corrected chi connectivity index (χ2v) is 25.6. The quantitative estimate of drug-likeness (QED) is 0.174. The number of hydrogen-bond donors (Lipinski definition) is 1. The first-order valence-electron chi connectivity index (χ1n) is 16.1. The van der Waals surface area contributed by atoms with Crippen LogP contribution in [0.3, 0.4) is 0 Å². The zero-order chi connectivity index (χ0) is 30.1. The van der Waals surface area contributed by atoms with E-state index in [1.54, 1.807) is 0 Å². The number of allylic oxidation sites excluding steroid dienone is 2. The van der Waals surface area contributed by atoms with Crippen LogP contribution in [0.5, 0.6) is 0 Å². The molecule has 0 bridgehead atoms. The Balaban J connectivity index is 1.95. The number of carboxylic acids is 1. The SMILES string of the molecule is CC1C(=CCCC(=O)O)[C@H]2CC[C@@H](O[Si](C)(C)C(C)(C)C)[C@H](C#CC(O[Si](C)(C)C(C)(C)C)C3CCCCC3)[C@@H]12. The third kappa shape index (κ3) is 7.74. The molecule has 1 N–H and O–H groups in total. The Kier molecular flexibility index (Phi) is 10.7. The average Bonchev–Trinajstić information content (AvgIpc) is 2.83. The van der Waals surface area contributed by atoms with Gasteiger partial charge in [0, 0.05) is 12.3 Å². The third-order valence-corrected chi connectivity index (χ3v) is 20.2. The lowest BCUT2D eigenvalue weighted by atomic mass is 9.51. The second kappa shape index (κ2) is 12.8. The molecule has 3 aliphatic carbocycles. The molecule has 3 rings (SSSR count). The molecule has 0 saturated heterocycles. The minimum Gasteiger partial charge on any atom is -0.481 e. The van der Waals surface area contributed by atoms with Gasteiger partial charge in [-0.25, -0.2) is 0 Å². The molecule has 0 aromatic heterocycles. The van der Waals surface area contributed by atoms with E-state index in [1.165, 1.54) is 37.7 Å². The van der Waals surface area contributed by atoms with E-state index in [0.717, 1.165) is 12.8 Å². The van der Waals surface area contributed by atoms with Gasteiger partial charge in [0.2, 0.25) is 0 Å². The normalized spacial score (nSPS) is 30.2. The van der Waals surface area contributed by atoms with Crippen molar-refractivity contribution in [2.45, 2.75) is 155 Å². The van der Waals surface area contributed by atoms with Crippen molar-refractivity contribution in [2.75, 3.05) is 0 Å². The van der Waals surface area contributed by atoms with Gasteiger partial charge in [-0.05, 0) is 92.0 Å². The predicted octanol–water partition coefficient (Wildman–Crippen LogP) is 9.43. The fraction of sp³-hybridized carbons (Fsp3) is 0.853. The maximum absolute atomic E-state index is 11.1. The van der Waals surface area contributed by atoms with E-state index in [9.17, 15) is 4.79 Å². The van der Waals surface area contributed by atoms with Crippen LogP contribution < -0.4 is 0 Å². The van der Waals surface area contributed by atoms with Gasteiger partial charge >= 0.3 is 5.97 Å². The predicted molar refractivity (Wildman–Crippen MR) is 172 cm³/mol. The summed E-state index contributed by atoms with van der Waals surface area (Å²) in [6.07, 6.45) is 11.8. The molecule has 3 saturated carbocycles. The monoisotopic (exact) mass is 588 g/mol. The summed E-state index contributed by atoms with van der Waals surface area (Å²) in [5.74, 6) is 9.15. The lowest BCUT2D eigenvalue weighted by Crippen LogP contribution is -2.54. The molecule has 0 aliphatic heterocycles. The van der Waals surface area contributed by atoms with Gasteiger partial charge in [-0.1, -0.05) is 91.2 Å². The number of hydrogen-bond acceptors (Lipinski definition) is 3. The number of carboxylic acid groups (broad SMARTS) is 1. The van der Waals surface area contributed by atoms with Crippen molar-refractivity contribution in [1.82, 2.24) is 0 Å². The second-order valence-electron chi connectivity index (χ2n) is 16.1. The molecule has 228 valence electrons. The highest BCUT2D eigenvalue weighted by Gasteiger charge is 2.53. The standard InChI is InChI=1S/C34H60O4Si2/c1-24-26(18-15-19-31(35)36)27-20-23-30(38-40(10,11)34(5,6)7)28(32(24)27)21-22-29(25-16-13-12-14-17-25)37-39(8,9)33(2,3)4/h18,24-25,27-30,32H,12-17,19-20,23H2,1-11H3,(H,35,36)/t24?,27-,28+,29?,30-,32+/m1/s1. The van der Waals surface area contributed by atoms with Gasteiger partial charge in [-0.3, -0.25) is 4.79 Å². The summed E-state index contributed by atoms with van der Waals surface area (Å²) >= 11 is 0. The van der Waals surface area contributed by atoms with Gasteiger partial charge in [0.1, 0.15) is 6.10 Å². The van der Waals surface area contributed by atoms with E-state index in [-0.39, 0.29) is 34.6 Å². The first-order valence-corrected chi connectivity index (χ1v) is 22.0. The topological polar surface area (TPSA) is 55.8 Å². The molecule has 3 fully saturated rings. The van der Waals surface area contributed by atoms with Gasteiger partial charge < -0.3 is 14.0 Å². The molecule has 2 unspecified atom stereocenters. The Morgan fingerprint density at radius 1 is 0.975 bits per heavy atom. The van der Waals surface area contributed by atoms with E-state index in [0.29, 0.717) is 30.1 Å². The summed E-state index contributed by atoms with van der Waals surface area (Å²) in [6.45, 7) is 25.8. The zero-order valence-corrected chi connectivity index (χ0v) is 29.7. The van der Waals surface area contributed by atoms with Crippen molar-refractivity contribution in [2.24, 2.45) is 29.6 Å². The summed E-state index contributed by atoms with van der Waals surface area (Å²) in [5, 5.41) is 9.47. The first-order chi connectivity index (χ1) is 18.4. The van der Waals surface area contributed by atoms with E-state index >= 15 is 0 Å². The Labute approximate surface area is 248 Å². The van der Waals surface area contributed by atoms with Crippen LogP contribution in [0.4, 0.5) is 0 Å². The maximum atomic E-state index is 11.1. The molecule has 0 heterocycles. The van der Waals surface area contributed by atoms with Crippen LogP contribution in [-0.2, 0) is 13.6 Å². The Morgan fingerprint density at radius 2 is 1.57 bits per heavy atom. The molecular weight excluding hydrogens is 529 g/mol. The molecule has 0 spiro atoms. The molecule has 0 amide bonds. The van der Waals surface area contributed by atoms with Crippen LogP contribution in [0.2, 0.25) is 36.3 Å². The molecule has 6 heteroatoms. The third-order valence-electron chi connectivity index (χ3n) is 11.3. The molecule has 40 heavy (non-hydrogen) atoms. The molecule has 0 radical (unpaired) electrons. The number of carbonyl (C=O) groups is 1. The molecular formula is C34H60O4Si2. The Bertz CT molecular complexity index is 969. The summed E-state index contributed by atoms with van der Waals surface area (Å²) in [4.78, 5) is 11.1. The lowest BCUT2D eigenvalue weighted by Gasteiger charge is -2.55. The summed E-state index contributed by atoms with van der Waals surface area (Å²) in [6, 6.07) is 0. The van der Waals surface area contributed by atoms with Crippen molar-refractivity contribution in [3.05, 3.63) is 11.6 Å². The van der Waals surface area contributed by atoms with Crippen molar-refractivity contribution in [3.8, 4) is 11.8 Å². The fourth-order valence-electron chi connectivity index (χ4n) is 6.63. The van der Waals surface area contributed by atoms with Gasteiger partial charge in [0.15, 0.2) is 16.6 Å². The van der Waals surface area contributed by atoms with Crippen LogP contribution >= 0.6 is 0 Å². The minimum atomic E-state index is -1.97. The molecule has 0 aromatic carbocycles. The largest absolute Gasteiger partial charge is 0.481 e.